The lowest BCUT2D eigenvalue weighted by molar-refractivity contribution is -0.117. The van der Waals surface area contributed by atoms with E-state index in [9.17, 15) is 13.2 Å². The molecule has 0 fully saturated rings. The van der Waals surface area contributed by atoms with E-state index in [4.69, 9.17) is 25.4 Å². The van der Waals surface area contributed by atoms with Gasteiger partial charge in [-0.1, -0.05) is 3.82 Å². The van der Waals surface area contributed by atoms with Crippen LogP contribution in [0, 0.1) is 0 Å². The summed E-state index contributed by atoms with van der Waals surface area (Å²) in [7, 11) is -2.67. The fraction of sp³-hybridized carbons (Fsp3) is 0.533. The summed E-state index contributed by atoms with van der Waals surface area (Å²) in [4.78, 5) is 10.9. The molecule has 0 saturated carbocycles. The zero-order valence-electron chi connectivity index (χ0n) is 13.9. The molecule has 2 rings (SSSR count). The fourth-order valence-corrected chi connectivity index (χ4v) is 3.33. The van der Waals surface area contributed by atoms with E-state index >= 15 is 0 Å². The summed E-state index contributed by atoms with van der Waals surface area (Å²) in [6.45, 7) is 5.04. The third-order valence-corrected chi connectivity index (χ3v) is 5.51. The van der Waals surface area contributed by atoms with Crippen LogP contribution in [0.1, 0.15) is 32.8 Å². The largest absolute Gasteiger partial charge is 0.464 e. The molecule has 0 N–H and O–H groups in total. The van der Waals surface area contributed by atoms with Gasteiger partial charge in [0.2, 0.25) is 6.29 Å². The standard InChI is InChI=1S/C15H20ClNO6S/c1-10(18)7-8-17(16)24(19,20)23-11-5-6-13-12(9-11)15(2,3)14(21-4)22-13/h5-6,9,14H,7-8H2,1-4H3. The highest BCUT2D eigenvalue weighted by Crippen LogP contribution is 2.44. The third kappa shape index (κ3) is 3.83. The quantitative estimate of drug-likeness (QED) is 0.678. The summed E-state index contributed by atoms with van der Waals surface area (Å²) >= 11 is 5.71. The molecule has 1 unspecified atom stereocenters. The lowest BCUT2D eigenvalue weighted by atomic mass is 9.85. The normalized spacial score (nSPS) is 19.0. The summed E-state index contributed by atoms with van der Waals surface area (Å²) in [6.07, 6.45) is -0.466. The van der Waals surface area contributed by atoms with Crippen molar-refractivity contribution >= 4 is 27.9 Å². The van der Waals surface area contributed by atoms with Gasteiger partial charge in [-0.3, -0.25) is 4.79 Å². The number of Topliss-reactive ketones (excluding diaryl/α,β-unsaturated/α-hetero) is 1. The van der Waals surface area contributed by atoms with Crippen LogP contribution in [0.2, 0.25) is 0 Å². The fourth-order valence-electron chi connectivity index (χ4n) is 2.42. The van der Waals surface area contributed by atoms with Crippen molar-refractivity contribution in [3.05, 3.63) is 23.8 Å². The molecule has 0 spiro atoms. The molecular weight excluding hydrogens is 358 g/mol. The van der Waals surface area contributed by atoms with E-state index in [1.807, 2.05) is 13.8 Å². The Hall–Kier alpha value is -1.35. The van der Waals surface area contributed by atoms with Crippen molar-refractivity contribution < 1.29 is 26.9 Å². The number of carbonyl (C=O) groups excluding carboxylic acids is 1. The molecule has 7 nitrogen and oxygen atoms in total. The van der Waals surface area contributed by atoms with E-state index in [0.717, 1.165) is 5.56 Å². The SMILES string of the molecule is COC1Oc2ccc(OS(=O)(=O)N(Cl)CCC(C)=O)cc2C1(C)C. The van der Waals surface area contributed by atoms with E-state index in [1.54, 1.807) is 19.2 Å². The molecule has 0 amide bonds. The van der Waals surface area contributed by atoms with Crippen LogP contribution in [0.3, 0.4) is 0 Å². The molecule has 1 aromatic carbocycles. The number of ketones is 1. The Morgan fingerprint density at radius 3 is 2.67 bits per heavy atom. The summed E-state index contributed by atoms with van der Waals surface area (Å²) in [5.74, 6) is 0.546. The maximum atomic E-state index is 12.1. The van der Waals surface area contributed by atoms with Gasteiger partial charge in [-0.05, 0) is 50.7 Å². The first-order valence-corrected chi connectivity index (χ1v) is 8.99. The van der Waals surface area contributed by atoms with Crippen molar-refractivity contribution in [3.63, 3.8) is 0 Å². The van der Waals surface area contributed by atoms with E-state index in [2.05, 4.69) is 0 Å². The van der Waals surface area contributed by atoms with Gasteiger partial charge in [-0.2, -0.15) is 8.42 Å². The number of hydrogen-bond acceptors (Lipinski definition) is 6. The van der Waals surface area contributed by atoms with Crippen LogP contribution in [-0.2, 0) is 25.3 Å². The van der Waals surface area contributed by atoms with Crippen LogP contribution in [0.5, 0.6) is 11.5 Å². The predicted octanol–water partition coefficient (Wildman–Crippen LogP) is 2.39. The summed E-state index contributed by atoms with van der Waals surface area (Å²) in [6, 6.07) is 4.68. The van der Waals surface area contributed by atoms with Crippen molar-refractivity contribution in [1.29, 1.82) is 0 Å². The Morgan fingerprint density at radius 1 is 1.42 bits per heavy atom. The zero-order valence-corrected chi connectivity index (χ0v) is 15.5. The number of fused-ring (bicyclic) bond motifs is 1. The summed E-state index contributed by atoms with van der Waals surface area (Å²) in [5, 5.41) is 0. The van der Waals surface area contributed by atoms with Gasteiger partial charge in [0.1, 0.15) is 17.3 Å². The minimum atomic E-state index is -4.21. The number of halogens is 1. The average Bonchev–Trinajstić information content (AvgIpc) is 2.75. The second-order valence-electron chi connectivity index (χ2n) is 6.07. The van der Waals surface area contributed by atoms with Gasteiger partial charge in [-0.25, -0.2) is 0 Å². The molecule has 0 bridgehead atoms. The molecule has 1 heterocycles. The van der Waals surface area contributed by atoms with Gasteiger partial charge in [0.15, 0.2) is 0 Å². The van der Waals surface area contributed by atoms with Crippen LogP contribution in [0.25, 0.3) is 0 Å². The number of ether oxygens (including phenoxy) is 2. The topological polar surface area (TPSA) is 82.1 Å². The Balaban J connectivity index is 2.19. The number of rotatable bonds is 7. The minimum Gasteiger partial charge on any atom is -0.464 e. The van der Waals surface area contributed by atoms with Crippen LogP contribution in [-0.4, -0.2) is 38.0 Å². The molecular formula is C15H20ClNO6S. The highest BCUT2D eigenvalue weighted by atomic mass is 35.5. The van der Waals surface area contributed by atoms with Crippen LogP contribution in [0.4, 0.5) is 0 Å². The molecule has 1 atom stereocenters. The molecule has 9 heteroatoms. The van der Waals surface area contributed by atoms with Crippen molar-refractivity contribution in [2.75, 3.05) is 13.7 Å². The molecule has 0 radical (unpaired) electrons. The summed E-state index contributed by atoms with van der Waals surface area (Å²) < 4.78 is 40.7. The minimum absolute atomic E-state index is 0.00661. The average molecular weight is 378 g/mol. The van der Waals surface area contributed by atoms with Crippen molar-refractivity contribution in [2.45, 2.75) is 38.9 Å². The van der Waals surface area contributed by atoms with E-state index in [-0.39, 0.29) is 24.5 Å². The molecule has 1 aliphatic heterocycles. The molecule has 24 heavy (non-hydrogen) atoms. The van der Waals surface area contributed by atoms with Crippen LogP contribution >= 0.6 is 11.8 Å². The lowest BCUT2D eigenvalue weighted by Crippen LogP contribution is -2.33. The number of hydrogen-bond donors (Lipinski definition) is 0. The molecule has 0 aromatic heterocycles. The smallest absolute Gasteiger partial charge is 0.398 e. The van der Waals surface area contributed by atoms with Gasteiger partial charge in [0.05, 0.1) is 5.41 Å². The van der Waals surface area contributed by atoms with Crippen LogP contribution < -0.4 is 8.92 Å². The van der Waals surface area contributed by atoms with E-state index in [1.165, 1.54) is 13.0 Å². The van der Waals surface area contributed by atoms with Gasteiger partial charge >= 0.3 is 10.3 Å². The number of nitrogens with zero attached hydrogens (tertiary/aromatic N) is 1. The molecule has 0 saturated heterocycles. The number of carbonyl (C=O) groups is 1. The van der Waals surface area contributed by atoms with Crippen molar-refractivity contribution in [2.24, 2.45) is 0 Å². The lowest BCUT2D eigenvalue weighted by Gasteiger charge is -2.24. The molecule has 0 aliphatic carbocycles. The highest BCUT2D eigenvalue weighted by molar-refractivity contribution is 7.85. The number of methoxy groups -OCH3 is 1. The van der Waals surface area contributed by atoms with Gasteiger partial charge in [0.25, 0.3) is 0 Å². The Kier molecular flexibility index (Phi) is 5.44. The zero-order chi connectivity index (χ0) is 18.1. The van der Waals surface area contributed by atoms with E-state index in [0.29, 0.717) is 9.57 Å². The first kappa shape index (κ1) is 19.0. The van der Waals surface area contributed by atoms with Crippen molar-refractivity contribution in [3.8, 4) is 11.5 Å². The maximum absolute atomic E-state index is 12.1. The maximum Gasteiger partial charge on any atom is 0.398 e. The Labute approximate surface area is 146 Å². The Bertz CT molecular complexity index is 733. The second-order valence-corrected chi connectivity index (χ2v) is 8.14. The second kappa shape index (κ2) is 6.87. The highest BCUT2D eigenvalue weighted by Gasteiger charge is 2.42. The molecule has 1 aromatic rings. The van der Waals surface area contributed by atoms with E-state index < -0.39 is 22.0 Å². The first-order chi connectivity index (χ1) is 11.1. The van der Waals surface area contributed by atoms with Gasteiger partial charge in [0, 0.05) is 25.6 Å². The van der Waals surface area contributed by atoms with Crippen molar-refractivity contribution in [1.82, 2.24) is 3.82 Å². The number of benzene rings is 1. The van der Waals surface area contributed by atoms with Gasteiger partial charge < -0.3 is 13.7 Å². The predicted molar refractivity (Wildman–Crippen MR) is 88.3 cm³/mol. The van der Waals surface area contributed by atoms with Gasteiger partial charge in [-0.15, -0.1) is 0 Å². The monoisotopic (exact) mass is 377 g/mol. The Morgan fingerprint density at radius 2 is 2.08 bits per heavy atom. The first-order valence-electron chi connectivity index (χ1n) is 7.29. The molecule has 134 valence electrons. The molecule has 1 aliphatic rings. The summed E-state index contributed by atoms with van der Waals surface area (Å²) in [5.41, 5.74) is 0.301. The third-order valence-electron chi connectivity index (χ3n) is 3.77. The van der Waals surface area contributed by atoms with Crippen LogP contribution in [0.15, 0.2) is 18.2 Å².